The van der Waals surface area contributed by atoms with Gasteiger partial charge in [-0.3, -0.25) is 14.7 Å². The molecule has 2 atom stereocenters. The monoisotopic (exact) mass is 293 g/mol. The van der Waals surface area contributed by atoms with Crippen molar-refractivity contribution in [3.8, 4) is 6.07 Å². The molecule has 7 nitrogen and oxygen atoms in total. The van der Waals surface area contributed by atoms with Gasteiger partial charge in [-0.1, -0.05) is 18.2 Å². The lowest BCUT2D eigenvalue weighted by atomic mass is 9.64. The number of hydrogen-bond donors (Lipinski definition) is 3. The minimum absolute atomic E-state index is 0.306. The number of carbonyl (C=O) groups excluding carboxylic acids is 2. The van der Waals surface area contributed by atoms with Crippen molar-refractivity contribution in [2.24, 2.45) is 5.92 Å². The van der Waals surface area contributed by atoms with E-state index in [0.717, 1.165) is 0 Å². The zero-order valence-electron chi connectivity index (χ0n) is 11.6. The zero-order valence-corrected chi connectivity index (χ0v) is 11.6. The standard InChI is InChI=1S/C15H11N5O2/c1-7-11-12(20-19-7)18-13(21)9(6-16)15(11)8-4-2-3-5-10(8)17-14(15)22/h2-5,9H,1H3,(H,17,22)(H2,18,19,20,21)/t9-,15+/m0/s1. The first-order chi connectivity index (χ1) is 10.6. The summed E-state index contributed by atoms with van der Waals surface area (Å²) in [4.78, 5) is 25.2. The summed E-state index contributed by atoms with van der Waals surface area (Å²) in [6.45, 7) is 1.77. The number of benzene rings is 1. The highest BCUT2D eigenvalue weighted by Crippen LogP contribution is 2.52. The van der Waals surface area contributed by atoms with E-state index < -0.39 is 17.2 Å². The summed E-state index contributed by atoms with van der Waals surface area (Å²) in [5.74, 6) is -1.74. The van der Waals surface area contributed by atoms with Gasteiger partial charge in [-0.15, -0.1) is 0 Å². The third-order valence-electron chi connectivity index (χ3n) is 4.37. The molecular formula is C15H11N5O2. The summed E-state index contributed by atoms with van der Waals surface area (Å²) in [5.41, 5.74) is 1.10. The number of fused-ring (bicyclic) bond motifs is 4. The summed E-state index contributed by atoms with van der Waals surface area (Å²) in [5, 5.41) is 21.8. The van der Waals surface area contributed by atoms with Crippen LogP contribution in [0.5, 0.6) is 0 Å². The van der Waals surface area contributed by atoms with E-state index in [0.29, 0.717) is 28.3 Å². The molecule has 0 bridgehead atoms. The molecule has 1 spiro atoms. The van der Waals surface area contributed by atoms with Crippen molar-refractivity contribution >= 4 is 23.3 Å². The maximum Gasteiger partial charge on any atom is 0.244 e. The Morgan fingerprint density at radius 3 is 2.82 bits per heavy atom. The summed E-state index contributed by atoms with van der Waals surface area (Å²) >= 11 is 0. The second kappa shape index (κ2) is 3.95. The van der Waals surface area contributed by atoms with Crippen LogP contribution in [0.3, 0.4) is 0 Å². The highest BCUT2D eigenvalue weighted by Gasteiger charge is 2.61. The predicted octanol–water partition coefficient (Wildman–Crippen LogP) is 1.05. The van der Waals surface area contributed by atoms with E-state index in [9.17, 15) is 14.9 Å². The van der Waals surface area contributed by atoms with Gasteiger partial charge in [0.2, 0.25) is 11.8 Å². The molecule has 2 amide bonds. The van der Waals surface area contributed by atoms with Crippen LogP contribution in [0.4, 0.5) is 11.5 Å². The Hall–Kier alpha value is -3.14. The lowest BCUT2D eigenvalue weighted by Crippen LogP contribution is -2.51. The van der Waals surface area contributed by atoms with Gasteiger partial charge >= 0.3 is 0 Å². The lowest BCUT2D eigenvalue weighted by molar-refractivity contribution is -0.127. The van der Waals surface area contributed by atoms with Gasteiger partial charge < -0.3 is 10.6 Å². The molecule has 1 aromatic heterocycles. The molecular weight excluding hydrogens is 282 g/mol. The van der Waals surface area contributed by atoms with E-state index in [2.05, 4.69) is 20.8 Å². The number of rotatable bonds is 0. The van der Waals surface area contributed by atoms with Gasteiger partial charge in [0.05, 0.1) is 6.07 Å². The van der Waals surface area contributed by atoms with Crippen LogP contribution >= 0.6 is 0 Å². The van der Waals surface area contributed by atoms with Gasteiger partial charge in [-0.05, 0) is 18.6 Å². The van der Waals surface area contributed by atoms with Gasteiger partial charge in [0, 0.05) is 16.9 Å². The molecule has 7 heteroatoms. The fourth-order valence-electron chi connectivity index (χ4n) is 3.50. The first kappa shape index (κ1) is 12.6. The average molecular weight is 293 g/mol. The molecule has 0 radical (unpaired) electrons. The Morgan fingerprint density at radius 1 is 1.27 bits per heavy atom. The minimum atomic E-state index is -1.36. The second-order valence-corrected chi connectivity index (χ2v) is 5.43. The molecule has 22 heavy (non-hydrogen) atoms. The molecule has 0 fully saturated rings. The normalized spacial score (nSPS) is 25.2. The van der Waals surface area contributed by atoms with Crippen molar-refractivity contribution in [3.05, 3.63) is 41.1 Å². The zero-order chi connectivity index (χ0) is 15.5. The van der Waals surface area contributed by atoms with E-state index >= 15 is 0 Å². The Morgan fingerprint density at radius 2 is 2.05 bits per heavy atom. The number of nitrogens with zero attached hydrogens (tertiary/aromatic N) is 2. The predicted molar refractivity (Wildman–Crippen MR) is 76.9 cm³/mol. The van der Waals surface area contributed by atoms with Crippen molar-refractivity contribution in [2.45, 2.75) is 12.3 Å². The third-order valence-corrected chi connectivity index (χ3v) is 4.37. The Bertz CT molecular complexity index is 878. The summed E-state index contributed by atoms with van der Waals surface area (Å²) in [6.07, 6.45) is 0. The lowest BCUT2D eigenvalue weighted by Gasteiger charge is -2.35. The highest BCUT2D eigenvalue weighted by molar-refractivity contribution is 6.16. The maximum absolute atomic E-state index is 12.9. The number of nitrogens with one attached hydrogen (secondary N) is 3. The van der Waals surface area contributed by atoms with Crippen molar-refractivity contribution in [1.82, 2.24) is 10.2 Å². The quantitative estimate of drug-likeness (QED) is 0.674. The number of aromatic amines is 1. The van der Waals surface area contributed by atoms with Crippen LogP contribution in [-0.2, 0) is 15.0 Å². The molecule has 3 heterocycles. The van der Waals surface area contributed by atoms with Crippen LogP contribution in [-0.4, -0.2) is 22.0 Å². The number of carbonyl (C=O) groups is 2. The molecule has 0 aliphatic carbocycles. The number of anilines is 2. The molecule has 0 saturated carbocycles. The SMILES string of the molecule is Cc1[nH]nc2c1[C@]1(C(=O)Nc3ccccc31)[C@@H](C#N)C(=O)N2. The molecule has 2 aliphatic rings. The van der Waals surface area contributed by atoms with Crippen molar-refractivity contribution < 1.29 is 9.59 Å². The Balaban J connectivity index is 2.15. The number of H-pyrrole nitrogens is 1. The van der Waals surface area contributed by atoms with E-state index in [4.69, 9.17) is 0 Å². The highest BCUT2D eigenvalue weighted by atomic mass is 16.2. The van der Waals surface area contributed by atoms with Gasteiger partial charge in [0.1, 0.15) is 11.3 Å². The third kappa shape index (κ3) is 1.22. The molecule has 2 aromatic rings. The molecule has 3 N–H and O–H groups in total. The van der Waals surface area contributed by atoms with Gasteiger partial charge in [-0.25, -0.2) is 0 Å². The number of nitriles is 1. The maximum atomic E-state index is 12.9. The van der Waals surface area contributed by atoms with Crippen LogP contribution in [0, 0.1) is 24.2 Å². The second-order valence-electron chi connectivity index (χ2n) is 5.43. The summed E-state index contributed by atoms with van der Waals surface area (Å²) in [7, 11) is 0. The summed E-state index contributed by atoms with van der Waals surface area (Å²) in [6, 6.07) is 9.12. The largest absolute Gasteiger partial charge is 0.325 e. The van der Waals surface area contributed by atoms with Crippen LogP contribution in [0.25, 0.3) is 0 Å². The van der Waals surface area contributed by atoms with E-state index in [1.165, 1.54) is 0 Å². The Kier molecular flexibility index (Phi) is 2.26. The fourth-order valence-corrected chi connectivity index (χ4v) is 3.50. The first-order valence-electron chi connectivity index (χ1n) is 6.77. The molecule has 2 aliphatic heterocycles. The van der Waals surface area contributed by atoms with Crippen molar-refractivity contribution in [3.63, 3.8) is 0 Å². The molecule has 0 saturated heterocycles. The first-order valence-corrected chi connectivity index (χ1v) is 6.77. The number of hydrogen-bond acceptors (Lipinski definition) is 4. The topological polar surface area (TPSA) is 111 Å². The van der Waals surface area contributed by atoms with Crippen LogP contribution in [0.15, 0.2) is 24.3 Å². The fraction of sp³-hybridized carbons (Fsp3) is 0.200. The van der Waals surface area contributed by atoms with Gasteiger partial charge in [0.15, 0.2) is 5.82 Å². The van der Waals surface area contributed by atoms with Crippen LogP contribution < -0.4 is 10.6 Å². The minimum Gasteiger partial charge on any atom is -0.325 e. The molecule has 0 unspecified atom stereocenters. The molecule has 4 rings (SSSR count). The Labute approximate surface area is 125 Å². The summed E-state index contributed by atoms with van der Waals surface area (Å²) < 4.78 is 0. The van der Waals surface area contributed by atoms with Crippen LogP contribution in [0.1, 0.15) is 16.8 Å². The van der Waals surface area contributed by atoms with Gasteiger partial charge in [-0.2, -0.15) is 10.4 Å². The van der Waals surface area contributed by atoms with Crippen LogP contribution in [0.2, 0.25) is 0 Å². The van der Waals surface area contributed by atoms with Gasteiger partial charge in [0.25, 0.3) is 0 Å². The van der Waals surface area contributed by atoms with E-state index in [1.54, 1.807) is 31.2 Å². The number of aryl methyl sites for hydroxylation is 1. The number of para-hydroxylation sites is 1. The smallest absolute Gasteiger partial charge is 0.244 e. The van der Waals surface area contributed by atoms with Crippen molar-refractivity contribution in [2.75, 3.05) is 10.6 Å². The van der Waals surface area contributed by atoms with Crippen molar-refractivity contribution in [1.29, 1.82) is 5.26 Å². The molecule has 1 aromatic carbocycles. The number of amides is 2. The average Bonchev–Trinajstić information content (AvgIpc) is 3.00. The number of aromatic nitrogens is 2. The van der Waals surface area contributed by atoms with E-state index in [1.807, 2.05) is 6.07 Å². The van der Waals surface area contributed by atoms with E-state index in [-0.39, 0.29) is 5.91 Å². The molecule has 108 valence electrons.